The number of hydrogen-bond donors (Lipinski definition) is 3. The summed E-state index contributed by atoms with van der Waals surface area (Å²) >= 11 is 0. The van der Waals surface area contributed by atoms with Crippen LogP contribution < -0.4 is 5.73 Å². The maximum Gasteiger partial charge on any atom is 0.253 e. The lowest BCUT2D eigenvalue weighted by Gasteiger charge is -2.21. The van der Waals surface area contributed by atoms with Crippen molar-refractivity contribution in [3.8, 4) is 0 Å². The molecule has 0 saturated heterocycles. The van der Waals surface area contributed by atoms with Crippen LogP contribution in [-0.2, 0) is 0 Å². The Balaban J connectivity index is 2.97. The molecule has 6 nitrogen and oxygen atoms in total. The van der Waals surface area contributed by atoms with Crippen LogP contribution in [0.4, 0.5) is 0 Å². The topological polar surface area (TPSA) is 99.2 Å². The second-order valence-electron chi connectivity index (χ2n) is 4.08. The van der Waals surface area contributed by atoms with E-state index in [9.17, 15) is 4.79 Å². The van der Waals surface area contributed by atoms with Gasteiger partial charge in [-0.05, 0) is 18.6 Å². The Kier molecular flexibility index (Phi) is 5.81. The van der Waals surface area contributed by atoms with Crippen molar-refractivity contribution in [2.75, 3.05) is 19.7 Å². The molecule has 0 aliphatic heterocycles. The molecule has 6 heteroatoms. The zero-order valence-corrected chi connectivity index (χ0v) is 10.9. The third-order valence-electron chi connectivity index (χ3n) is 2.66. The predicted molar refractivity (Wildman–Crippen MR) is 72.2 cm³/mol. The van der Waals surface area contributed by atoms with Crippen molar-refractivity contribution < 1.29 is 15.1 Å². The summed E-state index contributed by atoms with van der Waals surface area (Å²) in [5.74, 6) is -0.220. The Hall–Kier alpha value is -2.08. The van der Waals surface area contributed by atoms with Crippen molar-refractivity contribution >= 4 is 11.7 Å². The molecule has 0 bridgehead atoms. The summed E-state index contributed by atoms with van der Waals surface area (Å²) in [6.07, 6.45) is 0.811. The molecule has 1 amide bonds. The van der Waals surface area contributed by atoms with Crippen LogP contribution in [-0.4, -0.2) is 46.7 Å². The molecule has 1 aromatic rings. The van der Waals surface area contributed by atoms with Crippen molar-refractivity contribution in [1.82, 2.24) is 4.90 Å². The number of carbonyl (C=O) groups excluding carboxylic acids is 1. The first-order valence-corrected chi connectivity index (χ1v) is 6.12. The van der Waals surface area contributed by atoms with Crippen LogP contribution in [0, 0.1) is 0 Å². The number of amides is 1. The minimum Gasteiger partial charge on any atom is -0.409 e. The van der Waals surface area contributed by atoms with Gasteiger partial charge in [-0.2, -0.15) is 0 Å². The SMILES string of the molecule is CCCN(CCO)C(=O)c1cccc(C(N)=NO)c1. The van der Waals surface area contributed by atoms with Crippen molar-refractivity contribution in [3.63, 3.8) is 0 Å². The molecule has 0 atom stereocenters. The number of nitrogens with two attached hydrogens (primary N) is 1. The van der Waals surface area contributed by atoms with Gasteiger partial charge in [0.05, 0.1) is 6.61 Å². The van der Waals surface area contributed by atoms with Crippen molar-refractivity contribution in [3.05, 3.63) is 35.4 Å². The van der Waals surface area contributed by atoms with E-state index in [0.717, 1.165) is 6.42 Å². The monoisotopic (exact) mass is 265 g/mol. The Morgan fingerprint density at radius 1 is 1.37 bits per heavy atom. The second kappa shape index (κ2) is 7.38. The third kappa shape index (κ3) is 3.96. The minimum absolute atomic E-state index is 0.0427. The molecule has 0 aliphatic rings. The molecular formula is C13H19N3O3. The Bertz CT molecular complexity index is 454. The maximum absolute atomic E-state index is 12.3. The van der Waals surface area contributed by atoms with Crippen molar-refractivity contribution in [2.45, 2.75) is 13.3 Å². The van der Waals surface area contributed by atoms with Crippen LogP contribution in [0.2, 0.25) is 0 Å². The first kappa shape index (κ1) is 15.0. The number of amidine groups is 1. The molecule has 0 aliphatic carbocycles. The molecule has 1 aromatic carbocycles. The van der Waals surface area contributed by atoms with Crippen LogP contribution >= 0.6 is 0 Å². The normalized spacial score (nSPS) is 11.4. The quantitative estimate of drug-likeness (QED) is 0.304. The summed E-state index contributed by atoms with van der Waals surface area (Å²) < 4.78 is 0. The van der Waals surface area contributed by atoms with Gasteiger partial charge in [0.2, 0.25) is 0 Å². The molecule has 0 aromatic heterocycles. The highest BCUT2D eigenvalue weighted by Crippen LogP contribution is 2.09. The molecule has 0 radical (unpaired) electrons. The smallest absolute Gasteiger partial charge is 0.253 e. The van der Waals surface area contributed by atoms with Gasteiger partial charge in [-0.25, -0.2) is 0 Å². The number of aliphatic hydroxyl groups excluding tert-OH is 1. The Morgan fingerprint density at radius 3 is 2.63 bits per heavy atom. The molecule has 0 spiro atoms. The number of carbonyl (C=O) groups is 1. The van der Waals surface area contributed by atoms with Gasteiger partial charge in [0.15, 0.2) is 5.84 Å². The van der Waals surface area contributed by atoms with Gasteiger partial charge in [0.25, 0.3) is 5.91 Å². The number of benzene rings is 1. The summed E-state index contributed by atoms with van der Waals surface area (Å²) in [7, 11) is 0. The van der Waals surface area contributed by atoms with E-state index in [0.29, 0.717) is 24.2 Å². The van der Waals surface area contributed by atoms with E-state index >= 15 is 0 Å². The van der Waals surface area contributed by atoms with E-state index in [1.807, 2.05) is 6.92 Å². The largest absolute Gasteiger partial charge is 0.409 e. The van der Waals surface area contributed by atoms with Gasteiger partial charge < -0.3 is 20.9 Å². The van der Waals surface area contributed by atoms with Gasteiger partial charge in [0, 0.05) is 24.2 Å². The second-order valence-corrected chi connectivity index (χ2v) is 4.08. The number of oxime groups is 1. The fraction of sp³-hybridized carbons (Fsp3) is 0.385. The van der Waals surface area contributed by atoms with Gasteiger partial charge >= 0.3 is 0 Å². The molecular weight excluding hydrogens is 246 g/mol. The fourth-order valence-electron chi connectivity index (χ4n) is 1.76. The Labute approximate surface area is 112 Å². The molecule has 104 valence electrons. The number of hydrogen-bond acceptors (Lipinski definition) is 4. The van der Waals surface area contributed by atoms with E-state index in [1.54, 1.807) is 29.2 Å². The minimum atomic E-state index is -0.177. The lowest BCUT2D eigenvalue weighted by Crippen LogP contribution is -2.34. The zero-order chi connectivity index (χ0) is 14.3. The fourth-order valence-corrected chi connectivity index (χ4v) is 1.76. The van der Waals surface area contributed by atoms with E-state index < -0.39 is 0 Å². The molecule has 0 saturated carbocycles. The molecule has 0 fully saturated rings. The van der Waals surface area contributed by atoms with E-state index in [4.69, 9.17) is 16.0 Å². The van der Waals surface area contributed by atoms with Gasteiger partial charge in [-0.1, -0.05) is 24.2 Å². The molecule has 19 heavy (non-hydrogen) atoms. The average Bonchev–Trinajstić information content (AvgIpc) is 2.45. The molecule has 1 rings (SSSR count). The van der Waals surface area contributed by atoms with E-state index in [2.05, 4.69) is 5.16 Å². The van der Waals surface area contributed by atoms with Crippen molar-refractivity contribution in [1.29, 1.82) is 0 Å². The first-order valence-electron chi connectivity index (χ1n) is 6.12. The van der Waals surface area contributed by atoms with Gasteiger partial charge in [0.1, 0.15) is 0 Å². The highest BCUT2D eigenvalue weighted by atomic mass is 16.4. The van der Waals surface area contributed by atoms with Crippen LogP contribution in [0.1, 0.15) is 29.3 Å². The lowest BCUT2D eigenvalue weighted by molar-refractivity contribution is 0.0722. The summed E-state index contributed by atoms with van der Waals surface area (Å²) in [5.41, 5.74) is 6.42. The van der Waals surface area contributed by atoms with E-state index in [-0.39, 0.29) is 18.3 Å². The van der Waals surface area contributed by atoms with Gasteiger partial charge in [-0.15, -0.1) is 0 Å². The van der Waals surface area contributed by atoms with Crippen LogP contribution in [0.3, 0.4) is 0 Å². The summed E-state index contributed by atoms with van der Waals surface area (Å²) in [6, 6.07) is 6.56. The number of aliphatic hydroxyl groups is 1. The number of nitrogens with zero attached hydrogens (tertiary/aromatic N) is 2. The summed E-state index contributed by atoms with van der Waals surface area (Å²) in [6.45, 7) is 2.75. The molecule has 0 heterocycles. The standard InChI is InChI=1S/C13H19N3O3/c1-2-6-16(7-8-17)13(18)11-5-3-4-10(9-11)12(14)15-19/h3-5,9,17,19H,2,6-8H2,1H3,(H2,14,15). The first-order chi connectivity index (χ1) is 9.13. The van der Waals surface area contributed by atoms with Crippen LogP contribution in [0.25, 0.3) is 0 Å². The summed E-state index contributed by atoms with van der Waals surface area (Å²) in [4.78, 5) is 13.8. The molecule has 0 unspecified atom stereocenters. The maximum atomic E-state index is 12.3. The predicted octanol–water partition coefficient (Wildman–Crippen LogP) is 0.626. The zero-order valence-electron chi connectivity index (χ0n) is 10.9. The van der Waals surface area contributed by atoms with Gasteiger partial charge in [-0.3, -0.25) is 4.79 Å². The van der Waals surface area contributed by atoms with E-state index in [1.165, 1.54) is 0 Å². The summed E-state index contributed by atoms with van der Waals surface area (Å²) in [5, 5.41) is 20.5. The Morgan fingerprint density at radius 2 is 2.05 bits per heavy atom. The average molecular weight is 265 g/mol. The lowest BCUT2D eigenvalue weighted by atomic mass is 10.1. The van der Waals surface area contributed by atoms with Crippen LogP contribution in [0.5, 0.6) is 0 Å². The third-order valence-corrected chi connectivity index (χ3v) is 2.66. The molecule has 4 N–H and O–H groups in total. The highest BCUT2D eigenvalue weighted by Gasteiger charge is 2.15. The van der Waals surface area contributed by atoms with Crippen molar-refractivity contribution in [2.24, 2.45) is 10.9 Å². The number of rotatable bonds is 6. The highest BCUT2D eigenvalue weighted by molar-refractivity contribution is 6.01. The van der Waals surface area contributed by atoms with Crippen LogP contribution in [0.15, 0.2) is 29.4 Å².